The summed E-state index contributed by atoms with van der Waals surface area (Å²) in [6, 6.07) is 51.7. The minimum atomic E-state index is -0.709. The molecule has 1 aromatic heterocycles. The zero-order chi connectivity index (χ0) is 35.8. The van der Waals surface area contributed by atoms with Crippen LogP contribution in [0.3, 0.4) is 0 Å². The number of phenolic OH excluding ortho intramolecular Hbond substituents is 4. The fourth-order valence-corrected chi connectivity index (χ4v) is 8.08. The molecule has 0 radical (unpaired) electrons. The predicted molar refractivity (Wildman–Crippen MR) is 215 cm³/mol. The van der Waals surface area contributed by atoms with Crippen LogP contribution in [0.4, 0.5) is 0 Å². The van der Waals surface area contributed by atoms with E-state index in [-0.39, 0.29) is 16.9 Å². The van der Waals surface area contributed by atoms with Crippen molar-refractivity contribution < 1.29 is 24.8 Å². The monoisotopic (exact) mass is 686 g/mol. The van der Waals surface area contributed by atoms with Gasteiger partial charge in [-0.2, -0.15) is 0 Å². The Bertz CT molecular complexity index is 3090. The van der Waals surface area contributed by atoms with Crippen LogP contribution in [0.25, 0.3) is 98.8 Å². The highest BCUT2D eigenvalue weighted by molar-refractivity contribution is 6.27. The number of benzene rings is 9. The largest absolute Gasteiger partial charge is 0.506 e. The molecule has 0 aliphatic heterocycles. The second kappa shape index (κ2) is 11.7. The van der Waals surface area contributed by atoms with Gasteiger partial charge in [-0.25, -0.2) is 0 Å². The lowest BCUT2D eigenvalue weighted by atomic mass is 9.82. The van der Waals surface area contributed by atoms with Gasteiger partial charge in [0.2, 0.25) is 5.75 Å². The van der Waals surface area contributed by atoms with Gasteiger partial charge in [0.15, 0.2) is 11.5 Å². The highest BCUT2D eigenvalue weighted by atomic mass is 16.3. The molecule has 0 atom stereocenters. The second-order valence-electron chi connectivity index (χ2n) is 13.4. The maximum absolute atomic E-state index is 12.1. The molecule has 5 nitrogen and oxygen atoms in total. The van der Waals surface area contributed by atoms with Crippen LogP contribution < -0.4 is 0 Å². The van der Waals surface area contributed by atoms with Gasteiger partial charge in [-0.3, -0.25) is 0 Å². The zero-order valence-electron chi connectivity index (χ0n) is 28.2. The van der Waals surface area contributed by atoms with Gasteiger partial charge in [-0.15, -0.1) is 0 Å². The number of fused-ring (bicyclic) bond motifs is 6. The van der Waals surface area contributed by atoms with Crippen molar-refractivity contribution in [3.8, 4) is 67.5 Å². The molecule has 1 heterocycles. The average molecular weight is 687 g/mol. The standard InChI is InChI=1S/C48H30O5/c49-45-40(28-14-5-2-6-15-28)46(50)48(52)47(51)44(45)43-33-19-10-9-18-32(33)41(34-23-22-31(24-36(34)43)27-12-3-1-4-13-27)35-20-11-21-38-42(35)37-25-29-16-7-8-17-30(29)26-39(37)53-38/h1-26,49-52H. The summed E-state index contributed by atoms with van der Waals surface area (Å²) in [6.07, 6.45) is 0. The summed E-state index contributed by atoms with van der Waals surface area (Å²) in [5.74, 6) is -2.27. The third-order valence-electron chi connectivity index (χ3n) is 10.5. The van der Waals surface area contributed by atoms with Crippen molar-refractivity contribution in [1.82, 2.24) is 0 Å². The zero-order valence-corrected chi connectivity index (χ0v) is 28.2. The molecule has 4 N–H and O–H groups in total. The lowest BCUT2D eigenvalue weighted by Crippen LogP contribution is -1.94. The Labute approximate surface area is 303 Å². The van der Waals surface area contributed by atoms with Gasteiger partial charge in [0, 0.05) is 16.3 Å². The number of hydrogen-bond donors (Lipinski definition) is 4. The van der Waals surface area contributed by atoms with E-state index in [0.717, 1.165) is 76.5 Å². The molecule has 0 fully saturated rings. The third-order valence-corrected chi connectivity index (χ3v) is 10.5. The molecule has 0 saturated carbocycles. The first-order valence-electron chi connectivity index (χ1n) is 17.4. The summed E-state index contributed by atoms with van der Waals surface area (Å²) < 4.78 is 6.51. The Morgan fingerprint density at radius 3 is 1.66 bits per heavy atom. The number of furan rings is 1. The van der Waals surface area contributed by atoms with Crippen LogP contribution in [0.5, 0.6) is 23.0 Å². The fourth-order valence-electron chi connectivity index (χ4n) is 8.08. The maximum atomic E-state index is 12.1. The molecule has 10 rings (SSSR count). The van der Waals surface area contributed by atoms with Crippen LogP contribution in [-0.4, -0.2) is 20.4 Å². The van der Waals surface area contributed by atoms with Gasteiger partial charge in [-0.1, -0.05) is 133 Å². The predicted octanol–water partition coefficient (Wildman–Crippen LogP) is 12.5. The van der Waals surface area contributed by atoms with E-state index in [1.54, 1.807) is 24.3 Å². The Hall–Kier alpha value is -7.24. The quantitative estimate of drug-likeness (QED) is 0.0840. The summed E-state index contributed by atoms with van der Waals surface area (Å²) in [7, 11) is 0. The molecular formula is C48H30O5. The van der Waals surface area contributed by atoms with Gasteiger partial charge in [0.05, 0.1) is 11.1 Å². The SMILES string of the molecule is Oc1c(O)c(-c2ccccc2)c(O)c(-c2c3ccccc3c(-c3cccc4oc5cc6ccccc6cc5c34)c3ccc(-c4ccccc4)cc23)c1O. The van der Waals surface area contributed by atoms with Crippen molar-refractivity contribution in [2.75, 3.05) is 0 Å². The first kappa shape index (κ1) is 30.6. The summed E-state index contributed by atoms with van der Waals surface area (Å²) in [4.78, 5) is 0. The summed E-state index contributed by atoms with van der Waals surface area (Å²) in [5, 5.41) is 53.7. The first-order valence-corrected chi connectivity index (χ1v) is 17.4. The van der Waals surface area contributed by atoms with Crippen LogP contribution >= 0.6 is 0 Å². The molecular weight excluding hydrogens is 657 g/mol. The van der Waals surface area contributed by atoms with E-state index in [1.807, 2.05) is 84.9 Å². The molecule has 0 unspecified atom stereocenters. The molecule has 53 heavy (non-hydrogen) atoms. The number of rotatable bonds is 4. The highest BCUT2D eigenvalue weighted by Crippen LogP contribution is 2.58. The van der Waals surface area contributed by atoms with E-state index < -0.39 is 17.2 Å². The Morgan fingerprint density at radius 1 is 0.321 bits per heavy atom. The smallest absolute Gasteiger partial charge is 0.201 e. The van der Waals surface area contributed by atoms with Crippen molar-refractivity contribution in [3.05, 3.63) is 158 Å². The Balaban J connectivity index is 1.38. The van der Waals surface area contributed by atoms with Crippen molar-refractivity contribution in [3.63, 3.8) is 0 Å². The van der Waals surface area contributed by atoms with E-state index in [9.17, 15) is 20.4 Å². The van der Waals surface area contributed by atoms with Crippen molar-refractivity contribution in [2.45, 2.75) is 0 Å². The molecule has 0 amide bonds. The van der Waals surface area contributed by atoms with Gasteiger partial charge >= 0.3 is 0 Å². The van der Waals surface area contributed by atoms with Gasteiger partial charge in [-0.05, 0) is 84.4 Å². The lowest BCUT2D eigenvalue weighted by Gasteiger charge is -2.22. The number of hydrogen-bond acceptors (Lipinski definition) is 5. The average Bonchev–Trinajstić information content (AvgIpc) is 3.57. The van der Waals surface area contributed by atoms with Gasteiger partial charge < -0.3 is 24.8 Å². The van der Waals surface area contributed by atoms with Crippen LogP contribution in [0.2, 0.25) is 0 Å². The van der Waals surface area contributed by atoms with E-state index in [4.69, 9.17) is 4.42 Å². The van der Waals surface area contributed by atoms with Crippen LogP contribution in [0, 0.1) is 0 Å². The molecule has 0 spiro atoms. The second-order valence-corrected chi connectivity index (χ2v) is 13.4. The maximum Gasteiger partial charge on any atom is 0.201 e. The van der Waals surface area contributed by atoms with Crippen LogP contribution in [0.15, 0.2) is 162 Å². The van der Waals surface area contributed by atoms with Crippen molar-refractivity contribution >= 4 is 54.3 Å². The minimum absolute atomic E-state index is 0.0237. The molecule has 0 aliphatic rings. The summed E-state index contributed by atoms with van der Waals surface area (Å²) >= 11 is 0. The minimum Gasteiger partial charge on any atom is -0.506 e. The van der Waals surface area contributed by atoms with Crippen LogP contribution in [0.1, 0.15) is 0 Å². The molecule has 0 bridgehead atoms. The summed E-state index contributed by atoms with van der Waals surface area (Å²) in [6.45, 7) is 0. The molecule has 252 valence electrons. The van der Waals surface area contributed by atoms with Gasteiger partial charge in [0.25, 0.3) is 0 Å². The molecule has 9 aromatic carbocycles. The van der Waals surface area contributed by atoms with E-state index in [2.05, 4.69) is 48.5 Å². The van der Waals surface area contributed by atoms with E-state index >= 15 is 0 Å². The van der Waals surface area contributed by atoms with Crippen molar-refractivity contribution in [1.29, 1.82) is 0 Å². The third kappa shape index (κ3) is 4.57. The van der Waals surface area contributed by atoms with Crippen molar-refractivity contribution in [2.24, 2.45) is 0 Å². The van der Waals surface area contributed by atoms with Gasteiger partial charge in [0.1, 0.15) is 16.9 Å². The molecule has 10 aromatic rings. The van der Waals surface area contributed by atoms with E-state index in [0.29, 0.717) is 11.1 Å². The normalized spacial score (nSPS) is 11.7. The Kier molecular flexibility index (Phi) is 6.72. The Morgan fingerprint density at radius 2 is 0.925 bits per heavy atom. The number of phenols is 4. The lowest BCUT2D eigenvalue weighted by molar-refractivity contribution is 0.364. The topological polar surface area (TPSA) is 94.1 Å². The molecule has 0 aliphatic carbocycles. The number of aromatic hydroxyl groups is 4. The van der Waals surface area contributed by atoms with E-state index in [1.165, 1.54) is 0 Å². The summed E-state index contributed by atoms with van der Waals surface area (Å²) in [5.41, 5.74) is 6.49. The first-order chi connectivity index (χ1) is 26.0. The molecule has 0 saturated heterocycles. The van der Waals surface area contributed by atoms with Crippen LogP contribution in [-0.2, 0) is 0 Å². The fraction of sp³-hybridized carbons (Fsp3) is 0. The highest BCUT2D eigenvalue weighted by Gasteiger charge is 2.29. The molecule has 5 heteroatoms.